The van der Waals surface area contributed by atoms with E-state index in [0.29, 0.717) is 0 Å². The standard InChI is InChI=1S/C8H18Cl2NO3P/c1-7(2)8(11)15(12,13-5-3-9)14-6-4-10/h7-8H,3-6,11H2,1-2H3. The molecule has 92 valence electrons. The zero-order chi connectivity index (χ0) is 11.9. The maximum Gasteiger partial charge on any atom is 0.347 e. The summed E-state index contributed by atoms with van der Waals surface area (Å²) in [5.74, 6) is -0.150. The second kappa shape index (κ2) is 7.88. The minimum absolute atomic E-state index is 0.00137. The van der Waals surface area contributed by atoms with E-state index in [4.69, 9.17) is 38.0 Å². The van der Waals surface area contributed by atoms with Crippen molar-refractivity contribution in [1.82, 2.24) is 0 Å². The fraction of sp³-hybridized carbons (Fsp3) is 1.00. The Morgan fingerprint density at radius 1 is 1.20 bits per heavy atom. The normalized spacial score (nSPS) is 14.5. The third-order valence-corrected chi connectivity index (χ3v) is 4.47. The molecule has 0 aromatic heterocycles. The molecule has 1 atom stereocenters. The van der Waals surface area contributed by atoms with Crippen LogP contribution in [0.5, 0.6) is 0 Å². The Bertz CT molecular complexity index is 204. The summed E-state index contributed by atoms with van der Waals surface area (Å²) < 4.78 is 22.4. The number of alkyl halides is 2. The highest BCUT2D eigenvalue weighted by Gasteiger charge is 2.35. The summed E-state index contributed by atoms with van der Waals surface area (Å²) in [7, 11) is -3.29. The van der Waals surface area contributed by atoms with Crippen LogP contribution in [-0.4, -0.2) is 30.8 Å². The highest BCUT2D eigenvalue weighted by molar-refractivity contribution is 7.54. The Hall–Kier alpha value is 0.690. The Morgan fingerprint density at radius 2 is 1.60 bits per heavy atom. The number of hydrogen-bond donors (Lipinski definition) is 1. The molecule has 0 bridgehead atoms. The summed E-state index contributed by atoms with van der Waals surface area (Å²) in [5.41, 5.74) is 5.78. The third-order valence-electron chi connectivity index (χ3n) is 1.74. The molecule has 0 saturated heterocycles. The van der Waals surface area contributed by atoms with Crippen molar-refractivity contribution in [2.24, 2.45) is 11.7 Å². The molecule has 0 saturated carbocycles. The quantitative estimate of drug-likeness (QED) is 0.547. The van der Waals surface area contributed by atoms with Gasteiger partial charge in [-0.2, -0.15) is 0 Å². The second-order valence-electron chi connectivity index (χ2n) is 3.32. The molecular formula is C8H18Cl2NO3P. The van der Waals surface area contributed by atoms with Crippen molar-refractivity contribution >= 4 is 30.8 Å². The van der Waals surface area contributed by atoms with Gasteiger partial charge in [-0.3, -0.25) is 4.57 Å². The molecule has 0 radical (unpaired) electrons. The summed E-state index contributed by atoms with van der Waals surface area (Å²) >= 11 is 10.9. The first-order valence-electron chi connectivity index (χ1n) is 4.74. The average molecular weight is 278 g/mol. The van der Waals surface area contributed by atoms with E-state index in [0.717, 1.165) is 0 Å². The first-order valence-corrected chi connectivity index (χ1v) is 7.42. The van der Waals surface area contributed by atoms with Crippen LogP contribution in [0, 0.1) is 5.92 Å². The van der Waals surface area contributed by atoms with Crippen molar-refractivity contribution in [3.05, 3.63) is 0 Å². The fourth-order valence-corrected chi connectivity index (χ4v) is 3.11. The van der Waals surface area contributed by atoms with Gasteiger partial charge in [0.25, 0.3) is 0 Å². The number of rotatable bonds is 8. The smallest absolute Gasteiger partial charge is 0.317 e. The van der Waals surface area contributed by atoms with Crippen LogP contribution in [0.25, 0.3) is 0 Å². The maximum atomic E-state index is 12.2. The Labute approximate surface area is 101 Å². The molecule has 0 aromatic carbocycles. The molecule has 0 amide bonds. The van der Waals surface area contributed by atoms with Crippen molar-refractivity contribution in [3.63, 3.8) is 0 Å². The van der Waals surface area contributed by atoms with Gasteiger partial charge in [0.2, 0.25) is 0 Å². The van der Waals surface area contributed by atoms with Crippen LogP contribution in [0.2, 0.25) is 0 Å². The van der Waals surface area contributed by atoms with E-state index < -0.39 is 13.4 Å². The van der Waals surface area contributed by atoms with Gasteiger partial charge in [-0.05, 0) is 5.92 Å². The first kappa shape index (κ1) is 15.7. The van der Waals surface area contributed by atoms with Crippen LogP contribution in [0.4, 0.5) is 0 Å². The second-order valence-corrected chi connectivity index (χ2v) is 6.27. The monoisotopic (exact) mass is 277 g/mol. The van der Waals surface area contributed by atoms with Crippen molar-refractivity contribution in [3.8, 4) is 0 Å². The molecule has 2 N–H and O–H groups in total. The van der Waals surface area contributed by atoms with Crippen LogP contribution in [0.3, 0.4) is 0 Å². The molecule has 0 aliphatic rings. The van der Waals surface area contributed by atoms with Crippen LogP contribution < -0.4 is 5.73 Å². The van der Waals surface area contributed by atoms with E-state index >= 15 is 0 Å². The van der Waals surface area contributed by atoms with Crippen LogP contribution in [0.1, 0.15) is 13.8 Å². The third kappa shape index (κ3) is 5.53. The molecule has 0 heterocycles. The lowest BCUT2D eigenvalue weighted by molar-refractivity contribution is 0.208. The van der Waals surface area contributed by atoms with Gasteiger partial charge in [0, 0.05) is 11.8 Å². The topological polar surface area (TPSA) is 61.6 Å². The SMILES string of the molecule is CC(C)C(N)P(=O)(OCCCl)OCCCl. The average Bonchev–Trinajstić information content (AvgIpc) is 2.22. The van der Waals surface area contributed by atoms with Gasteiger partial charge in [-0.15, -0.1) is 23.2 Å². The zero-order valence-corrected chi connectivity index (χ0v) is 11.4. The summed E-state index contributed by atoms with van der Waals surface area (Å²) in [6.07, 6.45) is 0. The lowest BCUT2D eigenvalue weighted by atomic mass is 10.2. The molecule has 4 nitrogen and oxygen atoms in total. The molecule has 15 heavy (non-hydrogen) atoms. The van der Waals surface area contributed by atoms with Crippen molar-refractivity contribution in [1.29, 1.82) is 0 Å². The molecule has 1 unspecified atom stereocenters. The highest BCUT2D eigenvalue weighted by atomic mass is 35.5. The molecule has 0 aliphatic carbocycles. The van der Waals surface area contributed by atoms with Gasteiger partial charge in [-0.25, -0.2) is 0 Å². The lowest BCUT2D eigenvalue weighted by Gasteiger charge is -2.25. The zero-order valence-electron chi connectivity index (χ0n) is 8.99. The molecule has 0 spiro atoms. The van der Waals surface area contributed by atoms with E-state index in [1.54, 1.807) is 0 Å². The Balaban J connectivity index is 4.46. The van der Waals surface area contributed by atoms with Crippen molar-refractivity contribution < 1.29 is 13.6 Å². The summed E-state index contributed by atoms with van der Waals surface area (Å²) in [6, 6.07) is 0. The predicted molar refractivity (Wildman–Crippen MR) is 63.8 cm³/mol. The van der Waals surface area contributed by atoms with Gasteiger partial charge >= 0.3 is 7.60 Å². The molecule has 0 aromatic rings. The van der Waals surface area contributed by atoms with E-state index in [2.05, 4.69) is 0 Å². The van der Waals surface area contributed by atoms with Gasteiger partial charge < -0.3 is 14.8 Å². The lowest BCUT2D eigenvalue weighted by Crippen LogP contribution is -2.29. The van der Waals surface area contributed by atoms with Crippen LogP contribution in [0.15, 0.2) is 0 Å². The van der Waals surface area contributed by atoms with E-state index in [1.807, 2.05) is 13.8 Å². The predicted octanol–water partition coefficient (Wildman–Crippen LogP) is 2.63. The molecule has 0 aliphatic heterocycles. The largest absolute Gasteiger partial charge is 0.347 e. The van der Waals surface area contributed by atoms with Gasteiger partial charge in [0.15, 0.2) is 0 Å². The summed E-state index contributed by atoms with van der Waals surface area (Å²) in [6.45, 7) is 4.01. The van der Waals surface area contributed by atoms with Crippen LogP contribution >= 0.6 is 30.8 Å². The Kier molecular flexibility index (Phi) is 8.24. The van der Waals surface area contributed by atoms with E-state index in [9.17, 15) is 4.57 Å². The van der Waals surface area contributed by atoms with E-state index in [-0.39, 0.29) is 30.9 Å². The van der Waals surface area contributed by atoms with Crippen molar-refractivity contribution in [2.75, 3.05) is 25.0 Å². The Morgan fingerprint density at radius 3 is 1.87 bits per heavy atom. The van der Waals surface area contributed by atoms with Crippen molar-refractivity contribution in [2.45, 2.75) is 19.6 Å². The number of halogens is 2. The molecule has 7 heteroatoms. The van der Waals surface area contributed by atoms with E-state index in [1.165, 1.54) is 0 Å². The van der Waals surface area contributed by atoms with Crippen LogP contribution in [-0.2, 0) is 13.6 Å². The molecule has 0 rings (SSSR count). The van der Waals surface area contributed by atoms with Gasteiger partial charge in [0.05, 0.1) is 13.2 Å². The fourth-order valence-electron chi connectivity index (χ4n) is 0.898. The highest BCUT2D eigenvalue weighted by Crippen LogP contribution is 2.53. The first-order chi connectivity index (χ1) is 6.98. The van der Waals surface area contributed by atoms with Gasteiger partial charge in [0.1, 0.15) is 5.78 Å². The van der Waals surface area contributed by atoms with Gasteiger partial charge in [-0.1, -0.05) is 13.8 Å². The maximum absolute atomic E-state index is 12.2. The molecule has 0 fully saturated rings. The summed E-state index contributed by atoms with van der Waals surface area (Å²) in [5, 5.41) is 0. The molecular weight excluding hydrogens is 260 g/mol. The number of hydrogen-bond acceptors (Lipinski definition) is 4. The minimum Gasteiger partial charge on any atom is -0.317 e. The minimum atomic E-state index is -3.29. The summed E-state index contributed by atoms with van der Waals surface area (Å²) in [4.78, 5) is 0. The number of nitrogens with two attached hydrogens (primary N) is 1.